The molecule has 0 radical (unpaired) electrons. The van der Waals surface area contributed by atoms with Gasteiger partial charge in [-0.25, -0.2) is 0 Å². The first-order valence-corrected chi connectivity index (χ1v) is 8.05. The molecule has 0 saturated carbocycles. The highest BCUT2D eigenvalue weighted by atomic mass is 19.4. The fourth-order valence-corrected chi connectivity index (χ4v) is 3.03. The van der Waals surface area contributed by atoms with Crippen LogP contribution in [-0.2, 0) is 6.18 Å². The van der Waals surface area contributed by atoms with E-state index in [1.807, 2.05) is 13.1 Å². The highest BCUT2D eigenvalue weighted by Gasteiger charge is 2.31. The van der Waals surface area contributed by atoms with Crippen LogP contribution < -0.4 is 5.73 Å². The van der Waals surface area contributed by atoms with E-state index in [9.17, 15) is 18.3 Å². The zero-order valence-electron chi connectivity index (χ0n) is 13.7. The largest absolute Gasteiger partial charge is 0.504 e. The quantitative estimate of drug-likeness (QED) is 0.840. The molecule has 0 spiro atoms. The predicted octanol–water partition coefficient (Wildman–Crippen LogP) is 4.71. The third-order valence-corrected chi connectivity index (χ3v) is 4.32. The van der Waals surface area contributed by atoms with Gasteiger partial charge in [0.15, 0.2) is 11.5 Å². The van der Waals surface area contributed by atoms with Crippen LogP contribution in [0.1, 0.15) is 31.1 Å². The van der Waals surface area contributed by atoms with Crippen molar-refractivity contribution in [3.8, 4) is 16.9 Å². The Labute approximate surface area is 143 Å². The van der Waals surface area contributed by atoms with Gasteiger partial charge >= 0.3 is 6.18 Å². The molecule has 0 aliphatic carbocycles. The van der Waals surface area contributed by atoms with Crippen LogP contribution in [0.15, 0.2) is 34.9 Å². The molecular formula is C18H19F3N2O2. The number of furan rings is 1. The molecule has 1 aromatic carbocycles. The fourth-order valence-electron chi connectivity index (χ4n) is 3.03. The summed E-state index contributed by atoms with van der Waals surface area (Å²) in [5, 5.41) is 10.6. The smallest absolute Gasteiger partial charge is 0.416 e. The molecular weight excluding hydrogens is 333 g/mol. The van der Waals surface area contributed by atoms with E-state index in [4.69, 9.17) is 10.2 Å². The summed E-state index contributed by atoms with van der Waals surface area (Å²) in [6.07, 6.45) is -0.963. The number of nitrogens with zero attached hydrogens (tertiary/aromatic N) is 1. The minimum atomic E-state index is -4.47. The van der Waals surface area contributed by atoms with Crippen LogP contribution in [0.3, 0.4) is 0 Å². The molecule has 1 aromatic heterocycles. The van der Waals surface area contributed by atoms with Crippen molar-refractivity contribution in [2.45, 2.75) is 25.9 Å². The van der Waals surface area contributed by atoms with Crippen molar-refractivity contribution in [2.24, 2.45) is 0 Å². The molecule has 0 amide bonds. The zero-order chi connectivity index (χ0) is 18.2. The fraction of sp³-hybridized carbons (Fsp3) is 0.333. The number of benzene rings is 1. The standard InChI is InChI=1S/C18H19F3N2O2/c1-2-23-8-4-6-12(10-23)16-15(24)14(17(22)25-16)11-5-3-7-13(9-11)18(19,20)21/h3,5,7,9-10,24H,2,4,6,8,22H2,1H3. The van der Waals surface area contributed by atoms with Gasteiger partial charge in [-0.3, -0.25) is 0 Å². The van der Waals surface area contributed by atoms with E-state index in [0.29, 0.717) is 6.42 Å². The minimum Gasteiger partial charge on any atom is -0.504 e. The van der Waals surface area contributed by atoms with Crippen LogP contribution in [0.25, 0.3) is 16.7 Å². The van der Waals surface area contributed by atoms with Crippen molar-refractivity contribution in [3.05, 3.63) is 41.8 Å². The molecule has 3 N–H and O–H groups in total. The van der Waals surface area contributed by atoms with Gasteiger partial charge in [0, 0.05) is 24.9 Å². The number of alkyl halides is 3. The summed E-state index contributed by atoms with van der Waals surface area (Å²) in [7, 11) is 0. The average molecular weight is 352 g/mol. The highest BCUT2D eigenvalue weighted by molar-refractivity contribution is 5.85. The zero-order valence-corrected chi connectivity index (χ0v) is 13.7. The number of nitrogen functional groups attached to an aromatic ring is 1. The Hall–Kier alpha value is -2.57. The number of nitrogens with two attached hydrogens (primary N) is 1. The molecule has 0 fully saturated rings. The van der Waals surface area contributed by atoms with Gasteiger partial charge in [0.1, 0.15) is 0 Å². The van der Waals surface area contributed by atoms with E-state index in [1.54, 1.807) is 0 Å². The summed E-state index contributed by atoms with van der Waals surface area (Å²) in [4.78, 5) is 2.08. The molecule has 1 aliphatic heterocycles. The number of hydrogen-bond donors (Lipinski definition) is 2. The minimum absolute atomic E-state index is 0.0932. The molecule has 134 valence electrons. The van der Waals surface area contributed by atoms with E-state index in [-0.39, 0.29) is 28.5 Å². The van der Waals surface area contributed by atoms with Crippen LogP contribution in [-0.4, -0.2) is 23.1 Å². The monoisotopic (exact) mass is 352 g/mol. The van der Waals surface area contributed by atoms with Gasteiger partial charge < -0.3 is 20.2 Å². The Kier molecular flexibility index (Phi) is 4.41. The summed E-state index contributed by atoms with van der Waals surface area (Å²) in [6.45, 7) is 3.75. The normalized spacial score (nSPS) is 15.4. The van der Waals surface area contributed by atoms with Gasteiger partial charge in [-0.05, 0) is 37.5 Å². The Morgan fingerprint density at radius 3 is 2.76 bits per heavy atom. The Bertz CT molecular complexity index is 809. The molecule has 25 heavy (non-hydrogen) atoms. The lowest BCUT2D eigenvalue weighted by molar-refractivity contribution is -0.137. The van der Waals surface area contributed by atoms with Gasteiger partial charge in [0.2, 0.25) is 5.88 Å². The second-order valence-electron chi connectivity index (χ2n) is 5.98. The van der Waals surface area contributed by atoms with Gasteiger partial charge in [-0.2, -0.15) is 13.2 Å². The van der Waals surface area contributed by atoms with Crippen molar-refractivity contribution >= 4 is 11.5 Å². The van der Waals surface area contributed by atoms with E-state index in [2.05, 4.69) is 4.90 Å². The highest BCUT2D eigenvalue weighted by Crippen LogP contribution is 2.45. The maximum absolute atomic E-state index is 12.9. The number of anilines is 1. The number of halogens is 3. The average Bonchev–Trinajstić information content (AvgIpc) is 2.89. The van der Waals surface area contributed by atoms with Gasteiger partial charge in [-0.15, -0.1) is 0 Å². The lowest BCUT2D eigenvalue weighted by Gasteiger charge is -2.24. The van der Waals surface area contributed by atoms with E-state index < -0.39 is 11.7 Å². The van der Waals surface area contributed by atoms with Crippen molar-refractivity contribution in [1.29, 1.82) is 0 Å². The van der Waals surface area contributed by atoms with Crippen LogP contribution >= 0.6 is 0 Å². The summed E-state index contributed by atoms with van der Waals surface area (Å²) in [6, 6.07) is 4.68. The molecule has 4 nitrogen and oxygen atoms in total. The third kappa shape index (κ3) is 3.31. The second kappa shape index (κ2) is 6.38. The predicted molar refractivity (Wildman–Crippen MR) is 89.7 cm³/mol. The first-order chi connectivity index (χ1) is 11.8. The van der Waals surface area contributed by atoms with Crippen molar-refractivity contribution in [3.63, 3.8) is 0 Å². The second-order valence-corrected chi connectivity index (χ2v) is 5.98. The molecule has 0 unspecified atom stereocenters. The van der Waals surface area contributed by atoms with Gasteiger partial charge in [0.05, 0.1) is 11.1 Å². The molecule has 0 bridgehead atoms. The maximum atomic E-state index is 12.9. The molecule has 7 heteroatoms. The van der Waals surface area contributed by atoms with Gasteiger partial charge in [0.25, 0.3) is 0 Å². The molecule has 0 atom stereocenters. The lowest BCUT2D eigenvalue weighted by Crippen LogP contribution is -2.21. The first-order valence-electron chi connectivity index (χ1n) is 8.05. The van der Waals surface area contributed by atoms with Crippen LogP contribution in [0.4, 0.5) is 19.1 Å². The maximum Gasteiger partial charge on any atom is 0.416 e. The molecule has 2 aromatic rings. The topological polar surface area (TPSA) is 62.6 Å². The molecule has 3 rings (SSSR count). The number of rotatable bonds is 3. The van der Waals surface area contributed by atoms with Crippen molar-refractivity contribution < 1.29 is 22.7 Å². The van der Waals surface area contributed by atoms with Crippen LogP contribution in [0.2, 0.25) is 0 Å². The summed E-state index contributed by atoms with van der Waals surface area (Å²) in [5.41, 5.74) is 6.10. The Balaban J connectivity index is 2.05. The van der Waals surface area contributed by atoms with Crippen LogP contribution in [0, 0.1) is 0 Å². The summed E-state index contributed by atoms with van der Waals surface area (Å²) in [5.74, 6) is -0.0922. The first kappa shape index (κ1) is 17.3. The van der Waals surface area contributed by atoms with Crippen molar-refractivity contribution in [1.82, 2.24) is 4.90 Å². The summed E-state index contributed by atoms with van der Waals surface area (Å²) >= 11 is 0. The molecule has 2 heterocycles. The number of aromatic hydroxyl groups is 1. The summed E-state index contributed by atoms with van der Waals surface area (Å²) < 4.78 is 44.3. The molecule has 1 aliphatic rings. The third-order valence-electron chi connectivity index (χ3n) is 4.32. The van der Waals surface area contributed by atoms with E-state index in [1.165, 1.54) is 12.1 Å². The van der Waals surface area contributed by atoms with Gasteiger partial charge in [-0.1, -0.05) is 12.1 Å². The van der Waals surface area contributed by atoms with E-state index in [0.717, 1.165) is 37.2 Å². The van der Waals surface area contributed by atoms with Crippen LogP contribution in [0.5, 0.6) is 5.75 Å². The Morgan fingerprint density at radius 2 is 2.08 bits per heavy atom. The number of allylic oxidation sites excluding steroid dienone is 1. The SMILES string of the molecule is CCN1C=C(c2oc(N)c(-c3cccc(C(F)(F)F)c3)c2O)CCC1. The van der Waals surface area contributed by atoms with E-state index >= 15 is 0 Å². The van der Waals surface area contributed by atoms with Crippen molar-refractivity contribution in [2.75, 3.05) is 18.8 Å². The lowest BCUT2D eigenvalue weighted by atomic mass is 10.0. The number of hydrogen-bond acceptors (Lipinski definition) is 4. The Morgan fingerprint density at radius 1 is 1.32 bits per heavy atom. The molecule has 0 saturated heterocycles.